The molecule has 0 aliphatic rings. The Labute approximate surface area is 119 Å². The summed E-state index contributed by atoms with van der Waals surface area (Å²) in [6.45, 7) is 4.83. The molecule has 0 bridgehead atoms. The average molecular weight is 270 g/mol. The van der Waals surface area contributed by atoms with Gasteiger partial charge in [0.25, 0.3) is 0 Å². The highest BCUT2D eigenvalue weighted by Crippen LogP contribution is 2.08. The molecule has 5 heteroatoms. The molecule has 5 nitrogen and oxygen atoms in total. The Morgan fingerprint density at radius 2 is 1.95 bits per heavy atom. The highest BCUT2D eigenvalue weighted by atomic mass is 16.6. The van der Waals surface area contributed by atoms with Crippen molar-refractivity contribution in [2.75, 3.05) is 0 Å². The molecule has 19 heavy (non-hydrogen) atoms. The second-order valence-corrected chi connectivity index (χ2v) is 4.84. The Morgan fingerprint density at radius 1 is 1.37 bits per heavy atom. The van der Waals surface area contributed by atoms with Crippen molar-refractivity contribution in [1.82, 2.24) is 5.32 Å². The van der Waals surface area contributed by atoms with Gasteiger partial charge in [-0.25, -0.2) is 9.59 Å². The predicted molar refractivity (Wildman–Crippen MR) is 70.9 cm³/mol. The van der Waals surface area contributed by atoms with Gasteiger partial charge in [-0.3, -0.25) is 0 Å². The summed E-state index contributed by atoms with van der Waals surface area (Å²) >= 11 is 0. The van der Waals surface area contributed by atoms with Crippen molar-refractivity contribution in [3.05, 3.63) is 35.8 Å². The Bertz CT molecular complexity index is 643. The first-order valence-electron chi connectivity index (χ1n) is 8.13. The monoisotopic (exact) mass is 270 g/mol. The summed E-state index contributed by atoms with van der Waals surface area (Å²) in [5.41, 5.74) is -1.02. The summed E-state index contributed by atoms with van der Waals surface area (Å²) in [6.07, 6.45) is -1.44. The van der Waals surface area contributed by atoms with Crippen LogP contribution in [0.2, 0.25) is 0 Å². The van der Waals surface area contributed by atoms with E-state index in [4.69, 9.17) is 11.6 Å². The van der Waals surface area contributed by atoms with E-state index in [9.17, 15) is 14.7 Å². The lowest BCUT2D eigenvalue weighted by atomic mass is 10.1. The first kappa shape index (κ1) is 8.96. The smallest absolute Gasteiger partial charge is 0.408 e. The number of rotatable bonds is 4. The van der Waals surface area contributed by atoms with Crippen LogP contribution < -0.4 is 5.32 Å². The maximum absolute atomic E-state index is 11.7. The fraction of sp³-hybridized carbons (Fsp3) is 0.429. The number of nitrogens with one attached hydrogen (secondary N) is 1. The fourth-order valence-corrected chi connectivity index (χ4v) is 1.23. The number of hydrogen-bond donors (Lipinski definition) is 2. The highest BCUT2D eigenvalue weighted by Gasteiger charge is 2.23. The number of benzene rings is 1. The molecule has 104 valence electrons. The van der Waals surface area contributed by atoms with Crippen LogP contribution in [0.1, 0.15) is 33.2 Å². The van der Waals surface area contributed by atoms with Crippen molar-refractivity contribution >= 4 is 12.1 Å². The zero-order valence-corrected chi connectivity index (χ0v) is 11.0. The van der Waals surface area contributed by atoms with Gasteiger partial charge in [0, 0.05) is 6.42 Å². The summed E-state index contributed by atoms with van der Waals surface area (Å²) in [5, 5.41) is 11.4. The molecule has 1 atom stereocenters. The molecule has 0 saturated heterocycles. The van der Waals surface area contributed by atoms with Gasteiger partial charge in [-0.1, -0.05) is 30.2 Å². The van der Waals surface area contributed by atoms with Crippen LogP contribution in [-0.2, 0) is 16.0 Å². The first-order chi connectivity index (χ1) is 10.8. The lowest BCUT2D eigenvalue weighted by Crippen LogP contribution is -2.44. The number of carbonyl (C=O) groups excluding carboxylic acids is 1. The summed E-state index contributed by atoms with van der Waals surface area (Å²) in [4.78, 5) is 23.1. The van der Waals surface area contributed by atoms with Crippen LogP contribution in [-0.4, -0.2) is 28.8 Å². The SMILES string of the molecule is [2H]c1c([2H])c([2H])c(CC(NC(=O)OC(C)(C)C)C(=O)O)c([2H])c1[2H]. The van der Waals surface area contributed by atoms with E-state index in [2.05, 4.69) is 5.32 Å². The second kappa shape index (κ2) is 6.22. The third-order valence-corrected chi connectivity index (χ3v) is 1.95. The number of aliphatic carboxylic acids is 1. The summed E-state index contributed by atoms with van der Waals surface area (Å²) in [6, 6.07) is -4.19. The highest BCUT2D eigenvalue weighted by molar-refractivity contribution is 5.80. The minimum Gasteiger partial charge on any atom is -0.480 e. The standard InChI is InChI=1S/C14H19NO4/c1-14(2,3)19-13(18)15-11(12(16)17)9-10-7-5-4-6-8-10/h4-8,11H,9H2,1-3H3,(H,15,18)(H,16,17)/i4D,5D,6D,7D,8D. The van der Waals surface area contributed by atoms with Crippen LogP contribution in [0.15, 0.2) is 30.2 Å². The lowest BCUT2D eigenvalue weighted by Gasteiger charge is -2.22. The Kier molecular flexibility index (Phi) is 2.93. The molecule has 0 aliphatic heterocycles. The van der Waals surface area contributed by atoms with Crippen molar-refractivity contribution in [1.29, 1.82) is 0 Å². The van der Waals surface area contributed by atoms with Gasteiger partial charge in [-0.05, 0) is 26.3 Å². The van der Waals surface area contributed by atoms with E-state index in [0.717, 1.165) is 0 Å². The Morgan fingerprint density at radius 3 is 2.42 bits per heavy atom. The van der Waals surface area contributed by atoms with E-state index < -0.39 is 60.3 Å². The molecule has 1 aromatic carbocycles. The largest absolute Gasteiger partial charge is 0.480 e. The van der Waals surface area contributed by atoms with Crippen LogP contribution in [0.3, 0.4) is 0 Å². The number of carboxylic acids is 1. The maximum atomic E-state index is 11.7. The Balaban J connectivity index is 3.11. The number of carbonyl (C=O) groups is 2. The second-order valence-electron chi connectivity index (χ2n) is 4.84. The number of hydrogen-bond acceptors (Lipinski definition) is 3. The molecule has 1 amide bonds. The number of amides is 1. The van der Waals surface area contributed by atoms with Gasteiger partial charge in [0.05, 0.1) is 6.85 Å². The van der Waals surface area contributed by atoms with Crippen molar-refractivity contribution in [2.24, 2.45) is 0 Å². The van der Waals surface area contributed by atoms with E-state index in [-0.39, 0.29) is 5.56 Å². The van der Waals surface area contributed by atoms with Gasteiger partial charge in [-0.15, -0.1) is 0 Å². The Hall–Kier alpha value is -2.04. The molecule has 1 unspecified atom stereocenters. The van der Waals surface area contributed by atoms with Crippen molar-refractivity contribution in [3.63, 3.8) is 0 Å². The molecule has 1 aromatic rings. The van der Waals surface area contributed by atoms with Crippen molar-refractivity contribution in [2.45, 2.75) is 38.8 Å². The molecular formula is C14H19NO4. The van der Waals surface area contributed by atoms with Gasteiger partial charge < -0.3 is 15.2 Å². The molecule has 0 fully saturated rings. The average Bonchev–Trinajstić information content (AvgIpc) is 2.44. The normalized spacial score (nSPS) is 16.3. The summed E-state index contributed by atoms with van der Waals surface area (Å²) in [7, 11) is 0. The molecule has 0 saturated carbocycles. The van der Waals surface area contributed by atoms with Crippen LogP contribution in [0, 0.1) is 0 Å². The quantitative estimate of drug-likeness (QED) is 0.879. The number of ether oxygens (including phenoxy) is 1. The molecule has 2 N–H and O–H groups in total. The fourth-order valence-electron chi connectivity index (χ4n) is 1.23. The zero-order chi connectivity index (χ0) is 18.8. The van der Waals surface area contributed by atoms with E-state index >= 15 is 0 Å². The maximum Gasteiger partial charge on any atom is 0.408 e. The summed E-state index contributed by atoms with van der Waals surface area (Å²) in [5.74, 6) is -1.41. The molecule has 0 aromatic heterocycles. The minimum absolute atomic E-state index is 0.190. The third-order valence-electron chi connectivity index (χ3n) is 1.95. The minimum atomic E-state index is -1.50. The molecule has 0 spiro atoms. The van der Waals surface area contributed by atoms with Gasteiger partial charge in [-0.2, -0.15) is 0 Å². The summed E-state index contributed by atoms with van der Waals surface area (Å²) < 4.78 is 43.2. The van der Waals surface area contributed by atoms with E-state index in [1.807, 2.05) is 0 Å². The molecule has 0 radical (unpaired) electrons. The van der Waals surface area contributed by atoms with Crippen LogP contribution in [0.25, 0.3) is 0 Å². The van der Waals surface area contributed by atoms with Crippen LogP contribution in [0.4, 0.5) is 4.79 Å². The molecule has 0 aliphatic carbocycles. The van der Waals surface area contributed by atoms with Crippen LogP contribution in [0.5, 0.6) is 0 Å². The topological polar surface area (TPSA) is 75.6 Å². The third kappa shape index (κ3) is 5.90. The lowest BCUT2D eigenvalue weighted by molar-refractivity contribution is -0.139. The van der Waals surface area contributed by atoms with E-state index in [1.165, 1.54) is 0 Å². The predicted octanol–water partition coefficient (Wildman–Crippen LogP) is 2.21. The van der Waals surface area contributed by atoms with Crippen molar-refractivity contribution in [3.8, 4) is 0 Å². The van der Waals surface area contributed by atoms with Gasteiger partial charge in [0.1, 0.15) is 11.6 Å². The van der Waals surface area contributed by atoms with E-state index in [1.54, 1.807) is 20.8 Å². The van der Waals surface area contributed by atoms with E-state index in [0.29, 0.717) is 0 Å². The number of alkyl carbamates (subject to hydrolysis) is 1. The van der Waals surface area contributed by atoms with Gasteiger partial charge in [0.2, 0.25) is 0 Å². The molecule has 0 heterocycles. The molecular weight excluding hydrogens is 246 g/mol. The van der Waals surface area contributed by atoms with Crippen LogP contribution >= 0.6 is 0 Å². The molecule has 1 rings (SSSR count). The first-order valence-corrected chi connectivity index (χ1v) is 5.63. The van der Waals surface area contributed by atoms with Gasteiger partial charge >= 0.3 is 12.1 Å². The number of carboxylic acid groups (broad SMARTS) is 1. The zero-order valence-electron chi connectivity index (χ0n) is 16.0. The van der Waals surface area contributed by atoms with Crippen molar-refractivity contribution < 1.29 is 26.3 Å². The van der Waals surface area contributed by atoms with Gasteiger partial charge in [0.15, 0.2) is 0 Å².